The lowest BCUT2D eigenvalue weighted by molar-refractivity contribution is 0.669. The quantitative estimate of drug-likeness (QED) is 0.137. The summed E-state index contributed by atoms with van der Waals surface area (Å²) in [4.78, 5) is 4.72. The molecule has 0 atom stereocenters. The first kappa shape index (κ1) is 39.7. The third kappa shape index (κ3) is 7.59. The molecule has 0 radical (unpaired) electrons. The zero-order chi connectivity index (χ0) is 44.5. The molecular formula is C64H44N2O. The summed E-state index contributed by atoms with van der Waals surface area (Å²) in [6, 6.07) is 95.5. The molecule has 12 rings (SSSR count). The Morgan fingerprint density at radius 1 is 0.254 bits per heavy atom. The molecule has 316 valence electrons. The van der Waals surface area contributed by atoms with Gasteiger partial charge in [0.2, 0.25) is 0 Å². The van der Waals surface area contributed by atoms with Crippen LogP contribution in [0.15, 0.2) is 271 Å². The first-order valence-corrected chi connectivity index (χ1v) is 22.8. The van der Waals surface area contributed by atoms with Gasteiger partial charge in [0, 0.05) is 39.2 Å². The summed E-state index contributed by atoms with van der Waals surface area (Å²) in [6.45, 7) is 0. The fourth-order valence-electron chi connectivity index (χ4n) is 9.56. The van der Waals surface area contributed by atoms with Crippen molar-refractivity contribution >= 4 is 66.8 Å². The number of furan rings is 1. The van der Waals surface area contributed by atoms with Gasteiger partial charge in [0.1, 0.15) is 5.58 Å². The SMILES string of the molecule is c1ccc(-c2ccc(-c3ccc(N(c4ccccc4)c4cc(N(c5ccccc5)c5cccc(-c6ccccc6-c6ccccc6)c5)cc5c4oc4cc6ccccc6cc45)cc3)cc2)cc1. The van der Waals surface area contributed by atoms with Gasteiger partial charge in [0.25, 0.3) is 0 Å². The maximum atomic E-state index is 7.07. The van der Waals surface area contributed by atoms with Crippen LogP contribution >= 0.6 is 0 Å². The topological polar surface area (TPSA) is 19.6 Å². The highest BCUT2D eigenvalue weighted by molar-refractivity contribution is 6.15. The van der Waals surface area contributed by atoms with Gasteiger partial charge in [-0.15, -0.1) is 0 Å². The molecule has 0 saturated heterocycles. The maximum Gasteiger partial charge on any atom is 0.159 e. The number of fused-ring (bicyclic) bond motifs is 4. The maximum absolute atomic E-state index is 7.07. The summed E-state index contributed by atoms with van der Waals surface area (Å²) in [7, 11) is 0. The van der Waals surface area contributed by atoms with Crippen LogP contribution in [-0.4, -0.2) is 0 Å². The molecule has 0 aliphatic heterocycles. The van der Waals surface area contributed by atoms with Crippen LogP contribution in [0.4, 0.5) is 34.1 Å². The van der Waals surface area contributed by atoms with Crippen molar-refractivity contribution in [2.45, 2.75) is 0 Å². The highest BCUT2D eigenvalue weighted by Crippen LogP contribution is 2.48. The Bertz CT molecular complexity index is 3660. The van der Waals surface area contributed by atoms with Gasteiger partial charge in [-0.2, -0.15) is 0 Å². The number of anilines is 6. The molecule has 0 N–H and O–H groups in total. The van der Waals surface area contributed by atoms with E-state index in [2.05, 4.69) is 277 Å². The number of rotatable bonds is 10. The molecule has 11 aromatic carbocycles. The largest absolute Gasteiger partial charge is 0.454 e. The van der Waals surface area contributed by atoms with Crippen molar-refractivity contribution in [3.8, 4) is 44.5 Å². The molecule has 0 amide bonds. The van der Waals surface area contributed by atoms with Gasteiger partial charge in [-0.25, -0.2) is 0 Å². The number of hydrogen-bond donors (Lipinski definition) is 0. The zero-order valence-corrected chi connectivity index (χ0v) is 36.7. The van der Waals surface area contributed by atoms with Crippen LogP contribution in [0.5, 0.6) is 0 Å². The lowest BCUT2D eigenvalue weighted by Gasteiger charge is -2.30. The molecule has 0 fully saturated rings. The van der Waals surface area contributed by atoms with E-state index in [0.29, 0.717) is 0 Å². The molecule has 0 bridgehead atoms. The molecule has 3 nitrogen and oxygen atoms in total. The predicted octanol–water partition coefficient (Wildman–Crippen LogP) is 18.3. The summed E-state index contributed by atoms with van der Waals surface area (Å²) >= 11 is 0. The Labute approximate surface area is 390 Å². The highest BCUT2D eigenvalue weighted by atomic mass is 16.3. The van der Waals surface area contributed by atoms with E-state index >= 15 is 0 Å². The molecule has 12 aromatic rings. The van der Waals surface area contributed by atoms with Crippen LogP contribution in [0.2, 0.25) is 0 Å². The van der Waals surface area contributed by atoms with E-state index in [1.807, 2.05) is 0 Å². The van der Waals surface area contributed by atoms with E-state index < -0.39 is 0 Å². The fraction of sp³-hybridized carbons (Fsp3) is 0. The van der Waals surface area contributed by atoms with Gasteiger partial charge >= 0.3 is 0 Å². The van der Waals surface area contributed by atoms with Gasteiger partial charge in [-0.3, -0.25) is 0 Å². The molecular weight excluding hydrogens is 813 g/mol. The molecule has 0 unspecified atom stereocenters. The average molecular weight is 857 g/mol. The van der Waals surface area contributed by atoms with Crippen LogP contribution in [-0.2, 0) is 0 Å². The van der Waals surface area contributed by atoms with Crippen LogP contribution in [0, 0.1) is 0 Å². The van der Waals surface area contributed by atoms with Crippen LogP contribution in [0.25, 0.3) is 77.2 Å². The van der Waals surface area contributed by atoms with Gasteiger partial charge in [-0.05, 0) is 128 Å². The first-order chi connectivity index (χ1) is 33.2. The van der Waals surface area contributed by atoms with Crippen LogP contribution in [0.1, 0.15) is 0 Å². The summed E-state index contributed by atoms with van der Waals surface area (Å²) in [6.07, 6.45) is 0. The van der Waals surface area contributed by atoms with Crippen molar-refractivity contribution in [1.29, 1.82) is 0 Å². The van der Waals surface area contributed by atoms with Crippen molar-refractivity contribution in [2.24, 2.45) is 0 Å². The third-order valence-corrected chi connectivity index (χ3v) is 12.8. The minimum absolute atomic E-state index is 0.817. The van der Waals surface area contributed by atoms with E-state index in [1.54, 1.807) is 0 Å². The smallest absolute Gasteiger partial charge is 0.159 e. The standard InChI is InChI=1S/C64H44N2O/c1-5-18-45(19-6-1)46-32-34-47(35-33-46)48-36-38-55(39-37-48)66(54-27-11-4-12-28-54)62-44-57(43-61-60-41-50-22-13-14-23-51(50)42-63(60)67-64(61)62)65(53-25-9-3-10-26-53)56-29-17-24-52(40-56)59-31-16-15-30-58(59)49-20-7-2-8-21-49/h1-44H. The van der Waals surface area contributed by atoms with Crippen molar-refractivity contribution in [2.75, 3.05) is 9.80 Å². The Hall–Kier alpha value is -8.92. The van der Waals surface area contributed by atoms with E-state index in [1.165, 1.54) is 38.8 Å². The van der Waals surface area contributed by atoms with Gasteiger partial charge in [0.05, 0.1) is 5.69 Å². The van der Waals surface area contributed by atoms with E-state index in [0.717, 1.165) is 72.6 Å². The minimum Gasteiger partial charge on any atom is -0.454 e. The molecule has 3 heteroatoms. The van der Waals surface area contributed by atoms with Crippen molar-refractivity contribution < 1.29 is 4.42 Å². The number of para-hydroxylation sites is 2. The number of hydrogen-bond acceptors (Lipinski definition) is 3. The monoisotopic (exact) mass is 856 g/mol. The van der Waals surface area contributed by atoms with Crippen molar-refractivity contribution in [1.82, 2.24) is 0 Å². The number of nitrogens with zero attached hydrogens (tertiary/aromatic N) is 2. The van der Waals surface area contributed by atoms with Crippen LogP contribution in [0.3, 0.4) is 0 Å². The summed E-state index contributed by atoms with van der Waals surface area (Å²) in [5, 5.41) is 4.41. The Balaban J connectivity index is 1.06. The van der Waals surface area contributed by atoms with E-state index in [4.69, 9.17) is 4.42 Å². The molecule has 0 spiro atoms. The summed E-state index contributed by atoms with van der Waals surface area (Å²) in [5.41, 5.74) is 17.2. The molecule has 1 aromatic heterocycles. The second-order valence-electron chi connectivity index (χ2n) is 16.9. The van der Waals surface area contributed by atoms with Crippen molar-refractivity contribution in [3.63, 3.8) is 0 Å². The first-order valence-electron chi connectivity index (χ1n) is 22.8. The Morgan fingerprint density at radius 3 is 1.33 bits per heavy atom. The predicted molar refractivity (Wildman–Crippen MR) is 282 cm³/mol. The van der Waals surface area contributed by atoms with E-state index in [9.17, 15) is 0 Å². The fourth-order valence-corrected chi connectivity index (χ4v) is 9.56. The molecule has 0 aliphatic carbocycles. The second kappa shape index (κ2) is 17.2. The number of benzene rings is 11. The third-order valence-electron chi connectivity index (χ3n) is 12.8. The zero-order valence-electron chi connectivity index (χ0n) is 36.7. The molecule has 0 saturated carbocycles. The summed E-state index contributed by atoms with van der Waals surface area (Å²) in [5.74, 6) is 0. The van der Waals surface area contributed by atoms with Crippen molar-refractivity contribution in [3.05, 3.63) is 267 Å². The molecule has 0 aliphatic rings. The normalized spacial score (nSPS) is 11.3. The molecule has 1 heterocycles. The minimum atomic E-state index is 0.817. The van der Waals surface area contributed by atoms with E-state index in [-0.39, 0.29) is 0 Å². The Morgan fingerprint density at radius 2 is 0.701 bits per heavy atom. The summed E-state index contributed by atoms with van der Waals surface area (Å²) < 4.78 is 7.07. The van der Waals surface area contributed by atoms with Gasteiger partial charge < -0.3 is 14.2 Å². The lowest BCUT2D eigenvalue weighted by Crippen LogP contribution is -2.13. The molecule has 67 heavy (non-hydrogen) atoms. The van der Waals surface area contributed by atoms with Gasteiger partial charge in [-0.1, -0.05) is 194 Å². The highest BCUT2D eigenvalue weighted by Gasteiger charge is 2.24. The second-order valence-corrected chi connectivity index (χ2v) is 16.9. The van der Waals surface area contributed by atoms with Crippen LogP contribution < -0.4 is 9.80 Å². The lowest BCUT2D eigenvalue weighted by atomic mass is 9.94. The Kier molecular flexibility index (Phi) is 10.2. The van der Waals surface area contributed by atoms with Gasteiger partial charge in [0.15, 0.2) is 5.58 Å². The average Bonchev–Trinajstić information content (AvgIpc) is 3.77.